The van der Waals surface area contributed by atoms with Crippen molar-refractivity contribution in [1.29, 1.82) is 0 Å². The van der Waals surface area contributed by atoms with Crippen molar-refractivity contribution in [3.8, 4) is 0 Å². The maximum Gasteiger partial charge on any atom is 0.253 e. The van der Waals surface area contributed by atoms with Crippen LogP contribution in [0.5, 0.6) is 0 Å². The van der Waals surface area contributed by atoms with Gasteiger partial charge >= 0.3 is 0 Å². The summed E-state index contributed by atoms with van der Waals surface area (Å²) in [5.74, 6) is 0.306. The number of fused-ring (bicyclic) bond motifs is 1. The predicted molar refractivity (Wildman–Crippen MR) is 127 cm³/mol. The van der Waals surface area contributed by atoms with Crippen LogP contribution in [0.1, 0.15) is 23.1 Å². The molecule has 0 unspecified atom stereocenters. The van der Waals surface area contributed by atoms with Crippen LogP contribution in [-0.4, -0.2) is 37.3 Å². The molecule has 0 aliphatic rings. The SMILES string of the molecule is CCn1c(CNC(=O)c2ccccc2Cl)nnc1SCC(=O)Nc1nc2ccccc2s1. The number of para-hydroxylation sites is 1. The number of aromatic nitrogens is 4. The quantitative estimate of drug-likeness (QED) is 0.361. The molecule has 0 fully saturated rings. The van der Waals surface area contributed by atoms with Gasteiger partial charge in [-0.25, -0.2) is 4.98 Å². The number of anilines is 1. The predicted octanol–water partition coefficient (Wildman–Crippen LogP) is 4.22. The number of nitrogens with zero attached hydrogens (tertiary/aromatic N) is 4. The Morgan fingerprint density at radius 1 is 1.12 bits per heavy atom. The van der Waals surface area contributed by atoms with Crippen LogP contribution < -0.4 is 10.6 Å². The second-order valence-electron chi connectivity index (χ2n) is 6.63. The van der Waals surface area contributed by atoms with Crippen LogP contribution >= 0.6 is 34.7 Å². The molecule has 0 aliphatic heterocycles. The van der Waals surface area contributed by atoms with Gasteiger partial charge in [-0.15, -0.1) is 10.2 Å². The molecule has 2 aromatic heterocycles. The van der Waals surface area contributed by atoms with Crippen molar-refractivity contribution < 1.29 is 9.59 Å². The first-order valence-corrected chi connectivity index (χ1v) is 12.0. The lowest BCUT2D eigenvalue weighted by molar-refractivity contribution is -0.113. The molecule has 2 amide bonds. The molecule has 2 N–H and O–H groups in total. The number of carbonyl (C=O) groups excluding carboxylic acids is 2. The maximum atomic E-state index is 12.4. The highest BCUT2D eigenvalue weighted by molar-refractivity contribution is 7.99. The molecule has 0 saturated heterocycles. The first-order chi connectivity index (χ1) is 15.5. The summed E-state index contributed by atoms with van der Waals surface area (Å²) in [5, 5.41) is 15.5. The number of benzene rings is 2. The van der Waals surface area contributed by atoms with E-state index < -0.39 is 0 Å². The minimum absolute atomic E-state index is 0.167. The van der Waals surface area contributed by atoms with Gasteiger partial charge in [-0.1, -0.05) is 59.0 Å². The third-order valence-electron chi connectivity index (χ3n) is 4.51. The number of rotatable bonds is 8. The van der Waals surface area contributed by atoms with Gasteiger partial charge in [0.05, 0.1) is 33.1 Å². The number of halogens is 1. The summed E-state index contributed by atoms with van der Waals surface area (Å²) in [6, 6.07) is 14.6. The number of hydrogen-bond donors (Lipinski definition) is 2. The van der Waals surface area contributed by atoms with E-state index in [1.165, 1.54) is 23.1 Å². The van der Waals surface area contributed by atoms with Gasteiger partial charge in [-0.2, -0.15) is 0 Å². The number of amides is 2. The van der Waals surface area contributed by atoms with E-state index >= 15 is 0 Å². The van der Waals surface area contributed by atoms with Crippen LogP contribution in [0.25, 0.3) is 10.2 Å². The van der Waals surface area contributed by atoms with Gasteiger partial charge in [-0.3, -0.25) is 9.59 Å². The summed E-state index contributed by atoms with van der Waals surface area (Å²) in [4.78, 5) is 29.2. The third-order valence-corrected chi connectivity index (χ3v) is 6.76. The van der Waals surface area contributed by atoms with Gasteiger partial charge in [0.1, 0.15) is 0 Å². The molecule has 164 valence electrons. The summed E-state index contributed by atoms with van der Waals surface area (Å²) in [6.45, 7) is 2.75. The Hall–Kier alpha value is -2.95. The molecule has 4 rings (SSSR count). The Morgan fingerprint density at radius 3 is 2.69 bits per heavy atom. The lowest BCUT2D eigenvalue weighted by Crippen LogP contribution is -2.25. The van der Waals surface area contributed by atoms with E-state index in [1.54, 1.807) is 24.3 Å². The number of carbonyl (C=O) groups is 2. The molecule has 0 aliphatic carbocycles. The summed E-state index contributed by atoms with van der Waals surface area (Å²) < 4.78 is 2.88. The van der Waals surface area contributed by atoms with Crippen LogP contribution in [-0.2, 0) is 17.9 Å². The molecule has 0 saturated carbocycles. The molecular weight excluding hydrogens is 468 g/mol. The second kappa shape index (κ2) is 10.1. The maximum absolute atomic E-state index is 12.4. The zero-order valence-electron chi connectivity index (χ0n) is 17.0. The normalized spacial score (nSPS) is 10.9. The van der Waals surface area contributed by atoms with Crippen LogP contribution in [0.15, 0.2) is 53.7 Å². The molecule has 0 bridgehead atoms. The van der Waals surface area contributed by atoms with Crippen molar-refractivity contribution in [3.05, 3.63) is 64.9 Å². The fraction of sp³-hybridized carbons (Fsp3) is 0.190. The molecule has 2 heterocycles. The number of nitrogens with one attached hydrogen (secondary N) is 2. The average Bonchev–Trinajstić information content (AvgIpc) is 3.38. The van der Waals surface area contributed by atoms with Crippen molar-refractivity contribution in [2.75, 3.05) is 11.1 Å². The molecule has 11 heteroatoms. The topological polar surface area (TPSA) is 102 Å². The molecule has 4 aromatic rings. The first-order valence-electron chi connectivity index (χ1n) is 9.78. The van der Waals surface area contributed by atoms with Gasteiger partial charge in [0, 0.05) is 6.54 Å². The molecule has 2 aromatic carbocycles. The van der Waals surface area contributed by atoms with Crippen LogP contribution in [0.2, 0.25) is 5.02 Å². The summed E-state index contributed by atoms with van der Waals surface area (Å²) >= 11 is 8.79. The minimum Gasteiger partial charge on any atom is -0.345 e. The van der Waals surface area contributed by atoms with Gasteiger partial charge in [0.15, 0.2) is 16.1 Å². The number of hydrogen-bond acceptors (Lipinski definition) is 7. The molecular formula is C21H19ClN6O2S2. The van der Waals surface area contributed by atoms with E-state index in [9.17, 15) is 9.59 Å². The Bertz CT molecular complexity index is 1240. The van der Waals surface area contributed by atoms with Gasteiger partial charge in [0.2, 0.25) is 5.91 Å². The van der Waals surface area contributed by atoms with Crippen LogP contribution in [0.3, 0.4) is 0 Å². The highest BCUT2D eigenvalue weighted by Gasteiger charge is 2.16. The summed E-state index contributed by atoms with van der Waals surface area (Å²) in [7, 11) is 0. The first kappa shape index (κ1) is 22.3. The van der Waals surface area contributed by atoms with Crippen LogP contribution in [0, 0.1) is 0 Å². The smallest absolute Gasteiger partial charge is 0.253 e. The minimum atomic E-state index is -0.286. The monoisotopic (exact) mass is 486 g/mol. The van der Waals surface area contributed by atoms with Crippen molar-refractivity contribution >= 4 is 61.9 Å². The van der Waals surface area contributed by atoms with Crippen molar-refractivity contribution in [2.24, 2.45) is 0 Å². The number of thioether (sulfide) groups is 1. The molecule has 8 nitrogen and oxygen atoms in total. The summed E-state index contributed by atoms with van der Waals surface area (Å²) in [5.41, 5.74) is 1.26. The zero-order chi connectivity index (χ0) is 22.5. The van der Waals surface area contributed by atoms with Crippen LogP contribution in [0.4, 0.5) is 5.13 Å². The van der Waals surface area contributed by atoms with E-state index in [1.807, 2.05) is 35.8 Å². The third kappa shape index (κ3) is 5.09. The average molecular weight is 487 g/mol. The van der Waals surface area contributed by atoms with E-state index in [0.29, 0.717) is 33.2 Å². The second-order valence-corrected chi connectivity index (χ2v) is 9.01. The Kier molecular flexibility index (Phi) is 7.03. The van der Waals surface area contributed by atoms with Crippen molar-refractivity contribution in [2.45, 2.75) is 25.2 Å². The van der Waals surface area contributed by atoms with Gasteiger partial charge in [0.25, 0.3) is 5.91 Å². The van der Waals surface area contributed by atoms with E-state index in [4.69, 9.17) is 11.6 Å². The molecule has 0 spiro atoms. The van der Waals surface area contributed by atoms with E-state index in [-0.39, 0.29) is 24.1 Å². The highest BCUT2D eigenvalue weighted by atomic mass is 35.5. The lowest BCUT2D eigenvalue weighted by atomic mass is 10.2. The Balaban J connectivity index is 1.34. The van der Waals surface area contributed by atoms with Crippen molar-refractivity contribution in [1.82, 2.24) is 25.1 Å². The molecule has 32 heavy (non-hydrogen) atoms. The standard InChI is InChI=1S/C21H19ClN6O2S2/c1-2-28-17(11-23-19(30)13-7-3-4-8-14(13)22)26-27-21(28)31-12-18(29)25-20-24-15-9-5-6-10-16(15)32-20/h3-10H,2,11-12H2,1H3,(H,23,30)(H,24,25,29). The summed E-state index contributed by atoms with van der Waals surface area (Å²) in [6.07, 6.45) is 0. The molecule has 0 radical (unpaired) electrons. The zero-order valence-corrected chi connectivity index (χ0v) is 19.4. The van der Waals surface area contributed by atoms with Gasteiger partial charge < -0.3 is 15.2 Å². The lowest BCUT2D eigenvalue weighted by Gasteiger charge is -2.09. The Labute approximate surface area is 197 Å². The van der Waals surface area contributed by atoms with E-state index in [2.05, 4.69) is 25.8 Å². The van der Waals surface area contributed by atoms with E-state index in [0.717, 1.165) is 10.2 Å². The fourth-order valence-corrected chi connectivity index (χ4v) is 4.91. The van der Waals surface area contributed by atoms with Gasteiger partial charge in [-0.05, 0) is 31.2 Å². The largest absolute Gasteiger partial charge is 0.345 e. The number of thiazole rings is 1. The fourth-order valence-electron chi connectivity index (χ4n) is 2.99. The Morgan fingerprint density at radius 2 is 1.91 bits per heavy atom. The molecule has 0 atom stereocenters. The van der Waals surface area contributed by atoms with Crippen molar-refractivity contribution in [3.63, 3.8) is 0 Å². The highest BCUT2D eigenvalue weighted by Crippen LogP contribution is 2.26.